The lowest BCUT2D eigenvalue weighted by atomic mass is 9.93. The van der Waals surface area contributed by atoms with Crippen LogP contribution < -0.4 is 5.56 Å². The molecule has 0 unspecified atom stereocenters. The van der Waals surface area contributed by atoms with Crippen LogP contribution in [0.2, 0.25) is 0 Å². The van der Waals surface area contributed by atoms with Gasteiger partial charge in [-0.1, -0.05) is 12.1 Å². The molecule has 1 aliphatic rings. The first-order valence-corrected chi connectivity index (χ1v) is 9.16. The molecule has 1 N–H and O–H groups in total. The first-order chi connectivity index (χ1) is 13.2. The number of H-pyrrole nitrogens is 1. The SMILES string of the molecule is O=c1cc(C2CCN(Cc3cccc(F)c3)CC2)nc(-c2ccncc2)[nH]1. The molecule has 1 saturated heterocycles. The van der Waals surface area contributed by atoms with Gasteiger partial charge in [-0.2, -0.15) is 0 Å². The topological polar surface area (TPSA) is 61.9 Å². The van der Waals surface area contributed by atoms with Gasteiger partial charge in [0.15, 0.2) is 0 Å². The van der Waals surface area contributed by atoms with Crippen molar-refractivity contribution in [3.63, 3.8) is 0 Å². The molecule has 6 heteroatoms. The second-order valence-corrected chi connectivity index (χ2v) is 6.94. The van der Waals surface area contributed by atoms with Crippen LogP contribution in [0.1, 0.15) is 30.0 Å². The highest BCUT2D eigenvalue weighted by Gasteiger charge is 2.22. The van der Waals surface area contributed by atoms with Gasteiger partial charge < -0.3 is 4.98 Å². The van der Waals surface area contributed by atoms with E-state index < -0.39 is 0 Å². The van der Waals surface area contributed by atoms with Gasteiger partial charge in [-0.3, -0.25) is 14.7 Å². The molecule has 4 rings (SSSR count). The summed E-state index contributed by atoms with van der Waals surface area (Å²) < 4.78 is 13.4. The van der Waals surface area contributed by atoms with Crippen LogP contribution in [0.25, 0.3) is 11.4 Å². The van der Waals surface area contributed by atoms with Gasteiger partial charge in [0.05, 0.1) is 5.69 Å². The van der Waals surface area contributed by atoms with Crippen molar-refractivity contribution in [2.24, 2.45) is 0 Å². The van der Waals surface area contributed by atoms with E-state index >= 15 is 0 Å². The number of aromatic nitrogens is 3. The van der Waals surface area contributed by atoms with E-state index in [0.29, 0.717) is 5.82 Å². The van der Waals surface area contributed by atoms with Crippen LogP contribution in [-0.4, -0.2) is 32.9 Å². The standard InChI is InChI=1S/C21H21FN4O/c22-18-3-1-2-15(12-18)14-26-10-6-16(7-11-26)19-13-20(27)25-21(24-19)17-4-8-23-9-5-17/h1-5,8-9,12-13,16H,6-7,10-11,14H2,(H,24,25,27). The molecule has 0 aliphatic carbocycles. The van der Waals surface area contributed by atoms with E-state index in [1.807, 2.05) is 18.2 Å². The summed E-state index contributed by atoms with van der Waals surface area (Å²) in [4.78, 5) is 25.9. The van der Waals surface area contributed by atoms with Gasteiger partial charge in [0, 0.05) is 36.5 Å². The zero-order valence-corrected chi connectivity index (χ0v) is 14.9. The van der Waals surface area contributed by atoms with Crippen LogP contribution in [-0.2, 0) is 6.54 Å². The fourth-order valence-electron chi connectivity index (χ4n) is 3.61. The van der Waals surface area contributed by atoms with E-state index in [1.165, 1.54) is 6.07 Å². The fraction of sp³-hybridized carbons (Fsp3) is 0.286. The number of likely N-dealkylation sites (tertiary alicyclic amines) is 1. The molecule has 27 heavy (non-hydrogen) atoms. The molecule has 0 radical (unpaired) electrons. The van der Waals surface area contributed by atoms with Crippen LogP contribution in [0.3, 0.4) is 0 Å². The molecule has 1 fully saturated rings. The quantitative estimate of drug-likeness (QED) is 0.771. The van der Waals surface area contributed by atoms with Gasteiger partial charge in [-0.15, -0.1) is 0 Å². The third kappa shape index (κ3) is 4.28. The first-order valence-electron chi connectivity index (χ1n) is 9.16. The summed E-state index contributed by atoms with van der Waals surface area (Å²) in [5.41, 5.74) is 2.56. The van der Waals surface area contributed by atoms with Crippen LogP contribution >= 0.6 is 0 Å². The van der Waals surface area contributed by atoms with Crippen molar-refractivity contribution >= 4 is 0 Å². The molecule has 0 amide bonds. The maximum Gasteiger partial charge on any atom is 0.251 e. The molecule has 0 saturated carbocycles. The highest BCUT2D eigenvalue weighted by molar-refractivity contribution is 5.53. The Balaban J connectivity index is 1.45. The van der Waals surface area contributed by atoms with Gasteiger partial charge in [-0.05, 0) is 55.8 Å². The van der Waals surface area contributed by atoms with Crippen LogP contribution in [0.5, 0.6) is 0 Å². The molecule has 138 valence electrons. The van der Waals surface area contributed by atoms with Crippen LogP contribution in [0.4, 0.5) is 4.39 Å². The number of benzene rings is 1. The molecule has 1 aliphatic heterocycles. The molecular weight excluding hydrogens is 343 g/mol. The molecular formula is C21H21FN4O. The van der Waals surface area contributed by atoms with Gasteiger partial charge >= 0.3 is 0 Å². The van der Waals surface area contributed by atoms with Crippen LogP contribution in [0, 0.1) is 5.82 Å². The average Bonchev–Trinajstić information content (AvgIpc) is 2.69. The molecule has 3 heterocycles. The second kappa shape index (κ2) is 7.80. The number of pyridine rings is 1. The van der Waals surface area contributed by atoms with Gasteiger partial charge in [0.1, 0.15) is 11.6 Å². The minimum atomic E-state index is -0.196. The minimum absolute atomic E-state index is 0.131. The summed E-state index contributed by atoms with van der Waals surface area (Å²) in [6.07, 6.45) is 5.24. The number of aromatic amines is 1. The second-order valence-electron chi connectivity index (χ2n) is 6.94. The van der Waals surface area contributed by atoms with E-state index in [-0.39, 0.29) is 17.3 Å². The number of nitrogens with zero attached hydrogens (tertiary/aromatic N) is 3. The third-order valence-corrected chi connectivity index (χ3v) is 5.02. The van der Waals surface area contributed by atoms with Crippen LogP contribution in [0.15, 0.2) is 59.7 Å². The molecule has 1 aromatic carbocycles. The van der Waals surface area contributed by atoms with Crippen molar-refractivity contribution in [3.8, 4) is 11.4 Å². The third-order valence-electron chi connectivity index (χ3n) is 5.02. The highest BCUT2D eigenvalue weighted by atomic mass is 19.1. The van der Waals surface area contributed by atoms with Gasteiger partial charge in [0.2, 0.25) is 0 Å². The number of hydrogen-bond acceptors (Lipinski definition) is 4. The lowest BCUT2D eigenvalue weighted by Gasteiger charge is -2.31. The van der Waals surface area contributed by atoms with E-state index in [1.54, 1.807) is 30.6 Å². The van der Waals surface area contributed by atoms with Crippen molar-refractivity contribution in [3.05, 3.63) is 82.3 Å². The molecule has 5 nitrogen and oxygen atoms in total. The molecule has 2 aromatic heterocycles. The number of piperidine rings is 1. The summed E-state index contributed by atoms with van der Waals surface area (Å²) in [7, 11) is 0. The predicted octanol–water partition coefficient (Wildman–Crippen LogP) is 3.35. The van der Waals surface area contributed by atoms with Crippen molar-refractivity contribution < 1.29 is 4.39 Å². The predicted molar refractivity (Wildman–Crippen MR) is 102 cm³/mol. The van der Waals surface area contributed by atoms with E-state index in [2.05, 4.69) is 14.9 Å². The summed E-state index contributed by atoms with van der Waals surface area (Å²) in [6.45, 7) is 2.55. The van der Waals surface area contributed by atoms with Crippen molar-refractivity contribution in [2.45, 2.75) is 25.3 Å². The minimum Gasteiger partial charge on any atom is -0.307 e. The monoisotopic (exact) mass is 364 g/mol. The van der Waals surface area contributed by atoms with E-state index in [0.717, 1.165) is 49.3 Å². The zero-order chi connectivity index (χ0) is 18.6. The first kappa shape index (κ1) is 17.5. The average molecular weight is 364 g/mol. The zero-order valence-electron chi connectivity index (χ0n) is 14.9. The smallest absolute Gasteiger partial charge is 0.251 e. The number of halogens is 1. The Morgan fingerprint density at radius 3 is 2.63 bits per heavy atom. The highest BCUT2D eigenvalue weighted by Crippen LogP contribution is 2.27. The maximum atomic E-state index is 13.4. The van der Waals surface area contributed by atoms with Crippen molar-refractivity contribution in [1.82, 2.24) is 19.9 Å². The Morgan fingerprint density at radius 1 is 1.11 bits per heavy atom. The lowest BCUT2D eigenvalue weighted by molar-refractivity contribution is 0.203. The normalized spacial score (nSPS) is 15.7. The Kier molecular flexibility index (Phi) is 5.07. The molecule has 0 bridgehead atoms. The Morgan fingerprint density at radius 2 is 1.89 bits per heavy atom. The molecule has 0 atom stereocenters. The summed E-state index contributed by atoms with van der Waals surface area (Å²) in [6, 6.07) is 12.0. The Bertz CT molecular complexity index is 965. The summed E-state index contributed by atoms with van der Waals surface area (Å²) >= 11 is 0. The van der Waals surface area contributed by atoms with Crippen molar-refractivity contribution in [1.29, 1.82) is 0 Å². The van der Waals surface area contributed by atoms with Gasteiger partial charge in [-0.25, -0.2) is 9.37 Å². The van der Waals surface area contributed by atoms with E-state index in [4.69, 9.17) is 4.98 Å². The largest absolute Gasteiger partial charge is 0.307 e. The fourth-order valence-corrected chi connectivity index (χ4v) is 3.61. The Hall–Kier alpha value is -2.86. The molecule has 0 spiro atoms. The maximum absolute atomic E-state index is 13.4. The number of rotatable bonds is 4. The lowest BCUT2D eigenvalue weighted by Crippen LogP contribution is -2.33. The summed E-state index contributed by atoms with van der Waals surface area (Å²) in [5.74, 6) is 0.650. The van der Waals surface area contributed by atoms with E-state index in [9.17, 15) is 9.18 Å². The molecule has 3 aromatic rings. The number of nitrogens with one attached hydrogen (secondary N) is 1. The number of hydrogen-bond donors (Lipinski definition) is 1. The van der Waals surface area contributed by atoms with Crippen molar-refractivity contribution in [2.75, 3.05) is 13.1 Å². The Labute approximate surface area is 156 Å². The summed E-state index contributed by atoms with van der Waals surface area (Å²) in [5, 5.41) is 0. The van der Waals surface area contributed by atoms with Gasteiger partial charge in [0.25, 0.3) is 5.56 Å².